The molecule has 2 aliphatic carbocycles. The molecule has 23 nitrogen and oxygen atoms in total. The van der Waals surface area contributed by atoms with Gasteiger partial charge in [0.05, 0.1) is 29.2 Å². The van der Waals surface area contributed by atoms with E-state index in [2.05, 4.69) is 45.9 Å². The van der Waals surface area contributed by atoms with Crippen LogP contribution in [0.4, 0.5) is 34.9 Å². The number of nitrogens with zero attached hydrogens (tertiary/aromatic N) is 4. The van der Waals surface area contributed by atoms with E-state index >= 15 is 0 Å². The predicted octanol–water partition coefficient (Wildman–Crippen LogP) is 6.47. The van der Waals surface area contributed by atoms with Crippen molar-refractivity contribution in [3.8, 4) is 22.5 Å². The number of hydrogen-bond acceptors (Lipinski definition) is 19. The minimum atomic E-state index is -5.18. The van der Waals surface area contributed by atoms with Crippen LogP contribution in [0.25, 0.3) is 33.4 Å². The molecule has 0 atom stereocenters. The van der Waals surface area contributed by atoms with E-state index in [0.29, 0.717) is 53.7 Å². The minimum absolute atomic E-state index is 0.0146. The van der Waals surface area contributed by atoms with Crippen LogP contribution >= 0.6 is 0 Å². The van der Waals surface area contributed by atoms with Crippen LogP contribution in [0.2, 0.25) is 0 Å². The first-order valence-corrected chi connectivity index (χ1v) is 29.8. The first-order chi connectivity index (χ1) is 36.2. The fourth-order valence-corrected chi connectivity index (χ4v) is 14.0. The molecule has 1 aromatic heterocycles. The summed E-state index contributed by atoms with van der Waals surface area (Å²) in [7, 11) is -19.0. The Balaban J connectivity index is 1.25. The van der Waals surface area contributed by atoms with Crippen molar-refractivity contribution >= 4 is 86.3 Å². The van der Waals surface area contributed by atoms with Gasteiger partial charge in [0, 0.05) is 70.8 Å². The van der Waals surface area contributed by atoms with Crippen molar-refractivity contribution in [3.05, 3.63) is 105 Å². The molecule has 0 spiro atoms. The number of aliphatic hydroxyl groups excluding tert-OH is 2. The lowest BCUT2D eigenvalue weighted by molar-refractivity contribution is 0.310. The quantitative estimate of drug-likeness (QED) is 0.0325. The van der Waals surface area contributed by atoms with Gasteiger partial charge in [-0.05, 0) is 125 Å². The Labute approximate surface area is 445 Å². The van der Waals surface area contributed by atoms with Gasteiger partial charge in [0.1, 0.15) is 26.0 Å². The summed E-state index contributed by atoms with van der Waals surface area (Å²) < 4.78 is 147. The average molecular weight is 1140 g/mol. The number of sulfonamides is 1. The number of anilines is 5. The van der Waals surface area contributed by atoms with Crippen molar-refractivity contribution in [1.82, 2.24) is 19.7 Å². The number of benzene rings is 5. The van der Waals surface area contributed by atoms with E-state index in [9.17, 15) is 57.5 Å². The highest BCUT2D eigenvalue weighted by Crippen LogP contribution is 2.45. The Morgan fingerprint density at radius 3 is 1.78 bits per heavy atom. The van der Waals surface area contributed by atoms with Crippen LogP contribution in [0.5, 0.6) is 0 Å². The van der Waals surface area contributed by atoms with Gasteiger partial charge in [0.15, 0.2) is 0 Å². The molecule has 0 radical (unpaired) electrons. The van der Waals surface area contributed by atoms with Crippen molar-refractivity contribution in [2.24, 2.45) is 4.99 Å². The molecule has 8 rings (SSSR count). The number of nitrogens with one attached hydrogen (secondary N) is 5. The van der Waals surface area contributed by atoms with Crippen molar-refractivity contribution in [3.63, 3.8) is 0 Å². The molecule has 5 aromatic rings. The van der Waals surface area contributed by atoms with Crippen LogP contribution in [0.3, 0.4) is 0 Å². The summed E-state index contributed by atoms with van der Waals surface area (Å²) >= 11 is 0. The fourth-order valence-electron chi connectivity index (χ4n) is 9.98. The van der Waals surface area contributed by atoms with Gasteiger partial charge in [0.2, 0.25) is 27.9 Å². The molecule has 0 unspecified atom stereocenters. The maximum absolute atomic E-state index is 14.8. The van der Waals surface area contributed by atoms with Crippen LogP contribution in [-0.2, 0) is 40.4 Å². The van der Waals surface area contributed by atoms with Crippen molar-refractivity contribution in [2.75, 3.05) is 47.6 Å². The third kappa shape index (κ3) is 12.2. The standard InChI is InChI=1S/C50H57N9O14S4/c1-26-21-28(3)46(76(67,68)69)30(5)44(26)53-34-15-16-35-39(23-34)73-40-25-38(55-45-27(2)22-29(4)47(31(45)6)77(70,71)72)42(75(64,65)66)24-37(40)43(35)36-9-7-8-10-41(36)74(62,63)59-33-13-11-32(12-14-33)54-50-57-48(51-17-19-60)56-49(58-50)52-18-20-61/h7-10,15-16,21-25,32-33,53,59-61H,11-14,17-20H2,1-6H3,(H,64,65,66)(H,67,68,69)(H,70,71,72)(H3,51,52,54,56,57,58)/b55-38+. The molecule has 77 heavy (non-hydrogen) atoms. The lowest BCUT2D eigenvalue weighted by Gasteiger charge is -2.30. The van der Waals surface area contributed by atoms with Crippen molar-refractivity contribution in [2.45, 2.75) is 98.9 Å². The Bertz CT molecular complexity index is 3950. The molecule has 10 N–H and O–H groups in total. The molecule has 0 saturated heterocycles. The lowest BCUT2D eigenvalue weighted by atomic mass is 9.92. The third-order valence-corrected chi connectivity index (χ3v) is 17.9. The summed E-state index contributed by atoms with van der Waals surface area (Å²) in [5, 5.41) is 30.8. The number of aliphatic hydroxyl groups is 2. The number of hydrogen-bond donors (Lipinski definition) is 10. The number of aromatic nitrogens is 3. The van der Waals surface area contributed by atoms with Crippen LogP contribution < -0.4 is 31.3 Å². The van der Waals surface area contributed by atoms with E-state index in [0.717, 1.165) is 6.07 Å². The summed E-state index contributed by atoms with van der Waals surface area (Å²) in [5.74, 6) is 0.550. The maximum atomic E-state index is 14.8. The summed E-state index contributed by atoms with van der Waals surface area (Å²) in [6, 6.07) is 15.4. The van der Waals surface area contributed by atoms with Crippen molar-refractivity contribution in [1.29, 1.82) is 0 Å². The molecule has 0 bridgehead atoms. The van der Waals surface area contributed by atoms with E-state index in [1.165, 1.54) is 51.1 Å². The average Bonchev–Trinajstić information content (AvgIpc) is 3.36. The predicted molar refractivity (Wildman–Crippen MR) is 288 cm³/mol. The monoisotopic (exact) mass is 1140 g/mol. The third-order valence-electron chi connectivity index (χ3n) is 13.1. The molecule has 1 fully saturated rings. The Morgan fingerprint density at radius 1 is 0.610 bits per heavy atom. The van der Waals surface area contributed by atoms with Gasteiger partial charge < -0.3 is 35.9 Å². The highest BCUT2D eigenvalue weighted by molar-refractivity contribution is 7.89. The molecule has 0 amide bonds. The first-order valence-electron chi connectivity index (χ1n) is 24.0. The second-order valence-electron chi connectivity index (χ2n) is 18.7. The summed E-state index contributed by atoms with van der Waals surface area (Å²) in [6.07, 6.45) is 1.77. The maximum Gasteiger partial charge on any atom is 0.296 e. The zero-order valence-corrected chi connectivity index (χ0v) is 45.8. The van der Waals surface area contributed by atoms with E-state index in [4.69, 9.17) is 4.42 Å². The largest absolute Gasteiger partial charge is 0.456 e. The zero-order chi connectivity index (χ0) is 55.9. The SMILES string of the molecule is Cc1cc(C)c(S(=O)(=O)O)c(C)c1/N=c1\cc2oc3cc(Nc4c(C)cc(C)c(S(=O)(=O)O)c4C)ccc3c(-c3ccccc3S(=O)(=O)NC3CCC(Nc4nc(NCCO)nc(NCCO)n4)CC3)c-2cc1S(=O)(=O)O. The molecule has 2 heterocycles. The van der Waals surface area contributed by atoms with E-state index < -0.39 is 61.6 Å². The Morgan fingerprint density at radius 2 is 1.18 bits per heavy atom. The van der Waals surface area contributed by atoms with Crippen LogP contribution in [0.15, 0.2) is 95.7 Å². The van der Waals surface area contributed by atoms with Gasteiger partial charge >= 0.3 is 0 Å². The summed E-state index contributed by atoms with van der Waals surface area (Å²) in [5.41, 5.74) is 2.81. The topological polar surface area (TPSA) is 362 Å². The molecule has 3 aliphatic rings. The molecule has 1 saturated carbocycles. The van der Waals surface area contributed by atoms with E-state index in [-0.39, 0.29) is 116 Å². The molecule has 410 valence electrons. The van der Waals surface area contributed by atoms with Gasteiger partial charge in [0.25, 0.3) is 30.4 Å². The smallest absolute Gasteiger partial charge is 0.296 e. The van der Waals surface area contributed by atoms with Crippen LogP contribution in [-0.4, -0.2) is 111 Å². The van der Waals surface area contributed by atoms with Gasteiger partial charge in [-0.25, -0.2) is 18.1 Å². The molecule has 27 heteroatoms. The molecular weight excluding hydrogens is 1080 g/mol. The van der Waals surface area contributed by atoms with Crippen LogP contribution in [0, 0.1) is 41.5 Å². The Hall–Kier alpha value is -6.66. The number of fused-ring (bicyclic) bond motifs is 2. The summed E-state index contributed by atoms with van der Waals surface area (Å²) in [6.45, 7) is 9.31. The minimum Gasteiger partial charge on any atom is -0.456 e. The number of aryl methyl sites for hydroxylation is 4. The zero-order valence-electron chi connectivity index (χ0n) is 42.5. The van der Waals surface area contributed by atoms with Gasteiger partial charge in [-0.1, -0.05) is 30.3 Å². The lowest BCUT2D eigenvalue weighted by Crippen LogP contribution is -2.40. The second kappa shape index (κ2) is 22.0. The first kappa shape index (κ1) is 56.5. The van der Waals surface area contributed by atoms with E-state index in [1.54, 1.807) is 51.1 Å². The highest BCUT2D eigenvalue weighted by atomic mass is 32.2. The fraction of sp³-hybridized carbons (Fsp3) is 0.320. The normalized spacial score (nSPS) is 15.8. The summed E-state index contributed by atoms with van der Waals surface area (Å²) in [4.78, 5) is 15.9. The Kier molecular flexibility index (Phi) is 16.2. The molecular formula is C50H57N9O14S4. The molecule has 1 aliphatic heterocycles. The van der Waals surface area contributed by atoms with E-state index in [1.807, 2.05) is 0 Å². The van der Waals surface area contributed by atoms with Gasteiger partial charge in [-0.15, -0.1) is 0 Å². The molecule has 4 aromatic carbocycles. The highest BCUT2D eigenvalue weighted by Gasteiger charge is 2.32. The second-order valence-corrected chi connectivity index (χ2v) is 24.5. The number of rotatable bonds is 18. The van der Waals surface area contributed by atoms with Crippen molar-refractivity contribution < 1.29 is 62.0 Å². The van der Waals surface area contributed by atoms with Gasteiger partial charge in [-0.3, -0.25) is 13.7 Å². The van der Waals surface area contributed by atoms with Gasteiger partial charge in [-0.2, -0.15) is 40.2 Å². The van der Waals surface area contributed by atoms with Crippen LogP contribution in [0.1, 0.15) is 59.1 Å².